The van der Waals surface area contributed by atoms with E-state index in [4.69, 9.17) is 39.1 Å². The summed E-state index contributed by atoms with van der Waals surface area (Å²) in [5.74, 6) is 2.71. The van der Waals surface area contributed by atoms with Crippen LogP contribution in [0.4, 0.5) is 4.79 Å². The number of imide groups is 1. The monoisotopic (exact) mass is 461 g/mol. The first-order valence-corrected chi connectivity index (χ1v) is 10.5. The standard InChI is InChI=1S/C22H17Cl2NO4S/c1-3-9-25-21(26)19(30-22(25)27)12-15-10-17(24)20(18(11-15)28-4-2)29-13-14-5-7-16(23)8-6-14/h1,5-8,10-12H,4,9,13H2,2H3/b19-12+. The topological polar surface area (TPSA) is 55.8 Å². The third-order valence-electron chi connectivity index (χ3n) is 4.05. The number of ether oxygens (including phenoxy) is 2. The number of halogens is 2. The Bertz CT molecular complexity index is 1040. The second kappa shape index (κ2) is 9.94. The summed E-state index contributed by atoms with van der Waals surface area (Å²) in [6, 6.07) is 10.6. The lowest BCUT2D eigenvalue weighted by Crippen LogP contribution is -2.28. The van der Waals surface area contributed by atoms with E-state index in [1.165, 1.54) is 0 Å². The maximum Gasteiger partial charge on any atom is 0.294 e. The summed E-state index contributed by atoms with van der Waals surface area (Å²) >= 11 is 13.2. The van der Waals surface area contributed by atoms with Crippen LogP contribution in [0.25, 0.3) is 6.08 Å². The van der Waals surface area contributed by atoms with Gasteiger partial charge in [-0.2, -0.15) is 0 Å². The van der Waals surface area contributed by atoms with Crippen molar-refractivity contribution in [2.24, 2.45) is 0 Å². The number of nitrogens with zero attached hydrogens (tertiary/aromatic N) is 1. The molecule has 0 atom stereocenters. The molecule has 1 aliphatic heterocycles. The van der Waals surface area contributed by atoms with E-state index >= 15 is 0 Å². The molecule has 2 aromatic carbocycles. The number of hydrogen-bond donors (Lipinski definition) is 0. The quantitative estimate of drug-likeness (QED) is 0.394. The van der Waals surface area contributed by atoms with E-state index in [1.807, 2.05) is 19.1 Å². The summed E-state index contributed by atoms with van der Waals surface area (Å²) < 4.78 is 11.6. The molecule has 8 heteroatoms. The largest absolute Gasteiger partial charge is 0.490 e. The van der Waals surface area contributed by atoms with Gasteiger partial charge in [-0.3, -0.25) is 14.5 Å². The molecule has 2 aromatic rings. The number of terminal acetylenes is 1. The fourth-order valence-electron chi connectivity index (χ4n) is 2.69. The van der Waals surface area contributed by atoms with Crippen molar-refractivity contribution < 1.29 is 19.1 Å². The molecule has 154 valence electrons. The van der Waals surface area contributed by atoms with Crippen LogP contribution in [0, 0.1) is 12.3 Å². The summed E-state index contributed by atoms with van der Waals surface area (Å²) in [6.07, 6.45) is 6.80. The van der Waals surface area contributed by atoms with E-state index in [0.717, 1.165) is 22.2 Å². The summed E-state index contributed by atoms with van der Waals surface area (Å²) in [7, 11) is 0. The molecule has 2 amide bonds. The Morgan fingerprint density at radius 3 is 2.57 bits per heavy atom. The fourth-order valence-corrected chi connectivity index (χ4v) is 3.93. The van der Waals surface area contributed by atoms with Gasteiger partial charge in [0.2, 0.25) is 0 Å². The maximum atomic E-state index is 12.4. The maximum absolute atomic E-state index is 12.4. The Balaban J connectivity index is 1.86. The normalized spacial score (nSPS) is 14.9. The van der Waals surface area contributed by atoms with E-state index in [9.17, 15) is 9.59 Å². The van der Waals surface area contributed by atoms with Gasteiger partial charge in [0.15, 0.2) is 11.5 Å². The zero-order chi connectivity index (χ0) is 21.7. The van der Waals surface area contributed by atoms with Gasteiger partial charge < -0.3 is 9.47 Å². The molecule has 3 rings (SSSR count). The van der Waals surface area contributed by atoms with E-state index in [1.54, 1.807) is 30.3 Å². The third kappa shape index (κ3) is 5.11. The second-order valence-electron chi connectivity index (χ2n) is 6.15. The Morgan fingerprint density at radius 2 is 1.90 bits per heavy atom. The molecule has 30 heavy (non-hydrogen) atoms. The van der Waals surface area contributed by atoms with E-state index < -0.39 is 11.1 Å². The van der Waals surface area contributed by atoms with Crippen LogP contribution in [-0.2, 0) is 11.4 Å². The van der Waals surface area contributed by atoms with Crippen LogP contribution in [0.3, 0.4) is 0 Å². The average Bonchev–Trinajstić information content (AvgIpc) is 2.97. The van der Waals surface area contributed by atoms with E-state index in [2.05, 4.69) is 5.92 Å². The summed E-state index contributed by atoms with van der Waals surface area (Å²) in [4.78, 5) is 25.6. The summed E-state index contributed by atoms with van der Waals surface area (Å²) in [6.45, 7) is 2.45. The first-order valence-electron chi connectivity index (χ1n) is 8.95. The number of carbonyl (C=O) groups excluding carboxylic acids is 2. The number of amides is 2. The minimum absolute atomic E-state index is 0.0650. The number of rotatable bonds is 7. The van der Waals surface area contributed by atoms with Crippen LogP contribution < -0.4 is 9.47 Å². The molecule has 0 aliphatic carbocycles. The molecule has 0 N–H and O–H groups in total. The molecule has 0 unspecified atom stereocenters. The van der Waals surface area contributed by atoms with Gasteiger partial charge in [0.05, 0.1) is 23.1 Å². The lowest BCUT2D eigenvalue weighted by molar-refractivity contribution is -0.122. The fraction of sp³-hybridized carbons (Fsp3) is 0.182. The lowest BCUT2D eigenvalue weighted by atomic mass is 10.1. The molecule has 0 radical (unpaired) electrons. The lowest BCUT2D eigenvalue weighted by Gasteiger charge is -2.15. The van der Waals surface area contributed by atoms with Gasteiger partial charge in [-0.05, 0) is 60.2 Å². The van der Waals surface area contributed by atoms with Gasteiger partial charge in [0.1, 0.15) is 6.61 Å². The van der Waals surface area contributed by atoms with Gasteiger partial charge in [0.25, 0.3) is 11.1 Å². The molecule has 1 fully saturated rings. The Labute approximate surface area is 188 Å². The van der Waals surface area contributed by atoms with Crippen molar-refractivity contribution in [2.45, 2.75) is 13.5 Å². The van der Waals surface area contributed by atoms with Crippen LogP contribution in [0.5, 0.6) is 11.5 Å². The minimum Gasteiger partial charge on any atom is -0.490 e. The first kappa shape index (κ1) is 22.1. The Morgan fingerprint density at radius 1 is 1.17 bits per heavy atom. The highest BCUT2D eigenvalue weighted by molar-refractivity contribution is 8.18. The van der Waals surface area contributed by atoms with Crippen molar-refractivity contribution in [1.82, 2.24) is 4.90 Å². The SMILES string of the molecule is C#CCN1C(=O)S/C(=C/c2cc(Cl)c(OCc3ccc(Cl)cc3)c(OCC)c2)C1=O. The van der Waals surface area contributed by atoms with Crippen molar-refractivity contribution in [3.8, 4) is 23.8 Å². The van der Waals surface area contributed by atoms with Crippen LogP contribution in [0.15, 0.2) is 41.3 Å². The molecule has 0 spiro atoms. The average molecular weight is 462 g/mol. The zero-order valence-electron chi connectivity index (χ0n) is 16.0. The third-order valence-corrected chi connectivity index (χ3v) is 5.49. The van der Waals surface area contributed by atoms with Crippen LogP contribution in [0.1, 0.15) is 18.1 Å². The van der Waals surface area contributed by atoms with Gasteiger partial charge in [-0.25, -0.2) is 0 Å². The Kier molecular flexibility index (Phi) is 7.33. The molecule has 1 heterocycles. The second-order valence-corrected chi connectivity index (χ2v) is 7.99. The van der Waals surface area contributed by atoms with Crippen LogP contribution >= 0.6 is 35.0 Å². The summed E-state index contributed by atoms with van der Waals surface area (Å²) in [5, 5.41) is 0.565. The van der Waals surface area contributed by atoms with Gasteiger partial charge in [-0.1, -0.05) is 41.3 Å². The van der Waals surface area contributed by atoms with E-state index in [-0.39, 0.29) is 18.1 Å². The summed E-state index contributed by atoms with van der Waals surface area (Å²) in [5.41, 5.74) is 1.53. The van der Waals surface area contributed by atoms with E-state index in [0.29, 0.717) is 33.7 Å². The van der Waals surface area contributed by atoms with Crippen LogP contribution in [-0.4, -0.2) is 29.2 Å². The predicted molar refractivity (Wildman–Crippen MR) is 120 cm³/mol. The smallest absolute Gasteiger partial charge is 0.294 e. The molecule has 0 bridgehead atoms. The molecule has 5 nitrogen and oxygen atoms in total. The minimum atomic E-state index is -0.430. The highest BCUT2D eigenvalue weighted by Crippen LogP contribution is 2.39. The van der Waals surface area contributed by atoms with Crippen molar-refractivity contribution in [1.29, 1.82) is 0 Å². The van der Waals surface area contributed by atoms with Crippen LogP contribution in [0.2, 0.25) is 10.0 Å². The Hall–Kier alpha value is -2.59. The molecule has 1 saturated heterocycles. The van der Waals surface area contributed by atoms with Gasteiger partial charge in [0, 0.05) is 5.02 Å². The van der Waals surface area contributed by atoms with Crippen molar-refractivity contribution in [3.63, 3.8) is 0 Å². The zero-order valence-corrected chi connectivity index (χ0v) is 18.3. The molecular weight excluding hydrogens is 445 g/mol. The number of carbonyl (C=O) groups is 2. The molecule has 1 aliphatic rings. The molecule has 0 aromatic heterocycles. The van der Waals surface area contributed by atoms with Gasteiger partial charge >= 0.3 is 0 Å². The van der Waals surface area contributed by atoms with Gasteiger partial charge in [-0.15, -0.1) is 6.42 Å². The van der Waals surface area contributed by atoms with Crippen molar-refractivity contribution >= 4 is 52.2 Å². The van der Waals surface area contributed by atoms with Crippen molar-refractivity contribution in [3.05, 3.63) is 62.5 Å². The number of benzene rings is 2. The molecule has 0 saturated carbocycles. The number of hydrogen-bond acceptors (Lipinski definition) is 5. The highest BCUT2D eigenvalue weighted by atomic mass is 35.5. The first-order chi connectivity index (χ1) is 14.4. The predicted octanol–water partition coefficient (Wildman–Crippen LogP) is 5.64. The van der Waals surface area contributed by atoms with Crippen molar-refractivity contribution in [2.75, 3.05) is 13.2 Å². The molecular formula is C22H17Cl2NO4S. The highest BCUT2D eigenvalue weighted by Gasteiger charge is 2.34. The number of thioether (sulfide) groups is 1.